The van der Waals surface area contributed by atoms with E-state index in [0.29, 0.717) is 0 Å². The lowest BCUT2D eigenvalue weighted by molar-refractivity contribution is -0.139. The van der Waals surface area contributed by atoms with Gasteiger partial charge < -0.3 is 15.1 Å². The lowest BCUT2D eigenvalue weighted by Gasteiger charge is -2.41. The first-order valence-electron chi connectivity index (χ1n) is 6.17. The molecule has 7 nitrogen and oxygen atoms in total. The molecular weight excluding hydrogens is 281 g/mol. The second-order valence-electron chi connectivity index (χ2n) is 4.67. The number of piperidine rings is 1. The predicted molar refractivity (Wildman–Crippen MR) is 62.4 cm³/mol. The van der Waals surface area contributed by atoms with E-state index in [0.717, 1.165) is 0 Å². The van der Waals surface area contributed by atoms with Crippen LogP contribution >= 0.6 is 0 Å². The van der Waals surface area contributed by atoms with Crippen molar-refractivity contribution < 1.29 is 28.2 Å². The monoisotopic (exact) mass is 298 g/mol. The van der Waals surface area contributed by atoms with E-state index in [2.05, 4.69) is 10.2 Å². The van der Waals surface area contributed by atoms with Crippen molar-refractivity contribution in [1.29, 1.82) is 0 Å². The van der Waals surface area contributed by atoms with Crippen molar-refractivity contribution >= 4 is 0 Å². The van der Waals surface area contributed by atoms with Crippen LogP contribution in [0.5, 0.6) is 0 Å². The van der Waals surface area contributed by atoms with E-state index in [1.165, 1.54) is 4.90 Å². The SMILES string of the molecule is [N-]=[N+]=NO[C@@H]1C[C@@H](O)C(CO)N(CCCC(F)(F)F)C1. The molecule has 1 unspecified atom stereocenters. The Bertz CT molecular complexity index is 349. The molecule has 0 aliphatic carbocycles. The molecule has 1 saturated heterocycles. The molecular formula is C10H17F3N4O3. The molecule has 116 valence electrons. The van der Waals surface area contributed by atoms with Gasteiger partial charge in [-0.3, -0.25) is 4.90 Å². The molecule has 0 radical (unpaired) electrons. The zero-order valence-corrected chi connectivity index (χ0v) is 10.7. The van der Waals surface area contributed by atoms with Crippen molar-refractivity contribution in [2.45, 2.75) is 43.7 Å². The fourth-order valence-corrected chi connectivity index (χ4v) is 2.28. The summed E-state index contributed by atoms with van der Waals surface area (Å²) in [6.07, 6.45) is -6.70. The number of likely N-dealkylation sites (tertiary alicyclic amines) is 1. The van der Waals surface area contributed by atoms with Gasteiger partial charge in [-0.25, -0.2) is 0 Å². The fraction of sp³-hybridized carbons (Fsp3) is 1.00. The van der Waals surface area contributed by atoms with E-state index in [1.54, 1.807) is 0 Å². The number of hydrogen-bond acceptors (Lipinski definition) is 5. The average molecular weight is 298 g/mol. The minimum Gasteiger partial charge on any atom is -0.429 e. The number of halogens is 3. The fourth-order valence-electron chi connectivity index (χ4n) is 2.28. The first-order chi connectivity index (χ1) is 9.37. The Labute approximate surface area is 113 Å². The molecule has 0 aromatic heterocycles. The summed E-state index contributed by atoms with van der Waals surface area (Å²) in [5.74, 6) is 0. The Morgan fingerprint density at radius 2 is 2.15 bits per heavy atom. The second kappa shape index (κ2) is 7.53. The Hall–Kier alpha value is -1.22. The smallest absolute Gasteiger partial charge is 0.389 e. The van der Waals surface area contributed by atoms with Crippen molar-refractivity contribution in [3.05, 3.63) is 10.4 Å². The quantitative estimate of drug-likeness (QED) is 0.334. The lowest BCUT2D eigenvalue weighted by Crippen LogP contribution is -2.55. The second-order valence-corrected chi connectivity index (χ2v) is 4.67. The highest BCUT2D eigenvalue weighted by Crippen LogP contribution is 2.24. The molecule has 1 rings (SSSR count). The number of nitrogens with zero attached hydrogens (tertiary/aromatic N) is 4. The highest BCUT2D eigenvalue weighted by Gasteiger charge is 2.36. The molecule has 2 N–H and O–H groups in total. The van der Waals surface area contributed by atoms with Gasteiger partial charge in [-0.1, -0.05) is 0 Å². The van der Waals surface area contributed by atoms with Crippen LogP contribution in [0.3, 0.4) is 0 Å². The van der Waals surface area contributed by atoms with Crippen LogP contribution < -0.4 is 0 Å². The van der Waals surface area contributed by atoms with Crippen LogP contribution in [0, 0.1) is 0 Å². The molecule has 0 aromatic rings. The van der Waals surface area contributed by atoms with E-state index >= 15 is 0 Å². The maximum Gasteiger partial charge on any atom is 0.389 e. The van der Waals surface area contributed by atoms with Crippen LogP contribution in [0.1, 0.15) is 19.3 Å². The summed E-state index contributed by atoms with van der Waals surface area (Å²) in [5.41, 5.74) is 8.15. The van der Waals surface area contributed by atoms with Crippen LogP contribution in [0.4, 0.5) is 13.2 Å². The third-order valence-corrected chi connectivity index (χ3v) is 3.18. The van der Waals surface area contributed by atoms with Gasteiger partial charge in [0.15, 0.2) is 0 Å². The van der Waals surface area contributed by atoms with Gasteiger partial charge in [0.25, 0.3) is 0 Å². The van der Waals surface area contributed by atoms with Crippen molar-refractivity contribution in [1.82, 2.24) is 4.90 Å². The van der Waals surface area contributed by atoms with E-state index < -0.39 is 30.8 Å². The third-order valence-electron chi connectivity index (χ3n) is 3.18. The molecule has 0 amide bonds. The van der Waals surface area contributed by atoms with Gasteiger partial charge >= 0.3 is 6.18 Å². The van der Waals surface area contributed by atoms with E-state index in [4.69, 9.17) is 10.4 Å². The van der Waals surface area contributed by atoms with Gasteiger partial charge in [0.1, 0.15) is 11.4 Å². The van der Waals surface area contributed by atoms with Gasteiger partial charge in [-0.2, -0.15) is 13.2 Å². The normalized spacial score (nSPS) is 27.9. The number of aliphatic hydroxyl groups is 2. The molecule has 0 aromatic carbocycles. The molecule has 1 aliphatic rings. The maximum atomic E-state index is 12.1. The van der Waals surface area contributed by atoms with Crippen LogP contribution in [0.25, 0.3) is 10.4 Å². The molecule has 1 heterocycles. The van der Waals surface area contributed by atoms with Gasteiger partial charge in [-0.15, -0.1) is 0 Å². The largest absolute Gasteiger partial charge is 0.429 e. The van der Waals surface area contributed by atoms with Crippen molar-refractivity contribution in [3.63, 3.8) is 0 Å². The molecule has 3 atom stereocenters. The number of azide groups is 1. The summed E-state index contributed by atoms with van der Waals surface area (Å²) in [4.78, 5) is 8.72. The molecule has 1 aliphatic heterocycles. The molecule has 1 fully saturated rings. The summed E-state index contributed by atoms with van der Waals surface area (Å²) < 4.78 is 36.3. The van der Waals surface area contributed by atoms with Gasteiger partial charge in [-0.05, 0) is 18.5 Å². The van der Waals surface area contributed by atoms with E-state index in [1.807, 2.05) is 0 Å². The maximum absolute atomic E-state index is 12.1. The standard InChI is InChI=1S/C10H17F3N4O3/c11-10(12,13)2-1-3-17-5-7(20-16-15-14)4-9(19)8(17)6-18/h7-9,18-19H,1-6H2/t7-,8?,9-/m1/s1. The van der Waals surface area contributed by atoms with Gasteiger partial charge in [0.2, 0.25) is 0 Å². The Morgan fingerprint density at radius 1 is 1.45 bits per heavy atom. The number of rotatable bonds is 6. The first kappa shape index (κ1) is 16.8. The summed E-state index contributed by atoms with van der Waals surface area (Å²) in [6, 6.07) is -0.630. The summed E-state index contributed by atoms with van der Waals surface area (Å²) >= 11 is 0. The topological polar surface area (TPSA) is 102 Å². The highest BCUT2D eigenvalue weighted by atomic mass is 19.4. The van der Waals surface area contributed by atoms with Crippen LogP contribution in [-0.2, 0) is 4.84 Å². The number of aliphatic hydroxyl groups excluding tert-OH is 2. The number of alkyl halides is 3. The van der Waals surface area contributed by atoms with Crippen molar-refractivity contribution in [2.75, 3.05) is 19.7 Å². The van der Waals surface area contributed by atoms with Crippen LogP contribution in [0.15, 0.2) is 5.28 Å². The third kappa shape index (κ3) is 5.41. The minimum absolute atomic E-state index is 0.0674. The summed E-state index contributed by atoms with van der Waals surface area (Å²) in [7, 11) is 0. The highest BCUT2D eigenvalue weighted by molar-refractivity contribution is 4.88. The van der Waals surface area contributed by atoms with Crippen molar-refractivity contribution in [3.8, 4) is 0 Å². The zero-order chi connectivity index (χ0) is 15.2. The predicted octanol–water partition coefficient (Wildman–Crippen LogP) is 1.37. The average Bonchev–Trinajstić information content (AvgIpc) is 2.34. The van der Waals surface area contributed by atoms with Crippen LogP contribution in [-0.4, -0.2) is 59.2 Å². The lowest BCUT2D eigenvalue weighted by atomic mass is 9.97. The number of hydrogen-bond donors (Lipinski definition) is 2. The molecule has 0 bridgehead atoms. The summed E-state index contributed by atoms with van der Waals surface area (Å²) in [5, 5.41) is 22.0. The van der Waals surface area contributed by atoms with E-state index in [9.17, 15) is 23.4 Å². The molecule has 10 heteroatoms. The Kier molecular flexibility index (Phi) is 6.34. The molecule has 0 spiro atoms. The molecule has 20 heavy (non-hydrogen) atoms. The zero-order valence-electron chi connectivity index (χ0n) is 10.7. The Morgan fingerprint density at radius 3 is 2.70 bits per heavy atom. The van der Waals surface area contributed by atoms with Gasteiger partial charge in [0.05, 0.1) is 18.8 Å². The van der Waals surface area contributed by atoms with Crippen molar-refractivity contribution in [2.24, 2.45) is 5.28 Å². The minimum atomic E-state index is -4.23. The van der Waals surface area contributed by atoms with Crippen LogP contribution in [0.2, 0.25) is 0 Å². The molecule has 0 saturated carbocycles. The van der Waals surface area contributed by atoms with E-state index in [-0.39, 0.29) is 32.5 Å². The van der Waals surface area contributed by atoms with Gasteiger partial charge in [0, 0.05) is 24.3 Å². The summed E-state index contributed by atoms with van der Waals surface area (Å²) in [6.45, 7) is -0.0987. The first-order valence-corrected chi connectivity index (χ1v) is 6.17. The Balaban J connectivity index is 2.55.